The number of hydrogen-bond donors (Lipinski definition) is 2. The quantitative estimate of drug-likeness (QED) is 0.345. The lowest BCUT2D eigenvalue weighted by Crippen LogP contribution is -2.37. The van der Waals surface area contributed by atoms with Crippen LogP contribution >= 0.6 is 11.6 Å². The van der Waals surface area contributed by atoms with Crippen LogP contribution in [0.4, 0.5) is 0 Å². The average Bonchev–Trinajstić information content (AvgIpc) is 3.11. The number of carbonyl (C=O) groups is 1. The van der Waals surface area contributed by atoms with E-state index in [1.807, 2.05) is 66.7 Å². The number of phenolic OH excluding ortho intramolecular Hbond substituents is 2. The van der Waals surface area contributed by atoms with E-state index >= 15 is 0 Å². The molecule has 1 aliphatic heterocycles. The van der Waals surface area contributed by atoms with Crippen molar-refractivity contribution in [2.75, 3.05) is 13.2 Å². The van der Waals surface area contributed by atoms with Crippen LogP contribution < -0.4 is 4.74 Å². The Morgan fingerprint density at radius 2 is 1.69 bits per heavy atom. The van der Waals surface area contributed by atoms with Crippen molar-refractivity contribution < 1.29 is 19.7 Å². The summed E-state index contributed by atoms with van der Waals surface area (Å²) < 4.78 is 5.89. The van der Waals surface area contributed by atoms with Gasteiger partial charge in [-0.1, -0.05) is 66.2 Å². The molecule has 5 rings (SSSR count). The first-order valence-corrected chi connectivity index (χ1v) is 12.2. The molecule has 0 saturated heterocycles. The number of aromatic hydroxyl groups is 2. The molecule has 0 saturated carbocycles. The molecule has 0 fully saturated rings. The zero-order valence-electron chi connectivity index (χ0n) is 19.6. The molecule has 0 aliphatic carbocycles. The highest BCUT2D eigenvalue weighted by Gasteiger charge is 2.29. The standard InChI is InChI=1S/C30H26ClNO4/c31-25-8-4-7-22(17-25)23-16-24-19-32(13-14-36-29(24)28(34)18-23)30(35)27(21-5-2-1-3-6-21)15-20-9-11-26(33)12-10-20/h1-12,16-18,27,33-34H,13-15,19H2/t27-/m0/s1. The summed E-state index contributed by atoms with van der Waals surface area (Å²) in [6, 6.07) is 27.7. The van der Waals surface area contributed by atoms with E-state index < -0.39 is 5.92 Å². The number of nitrogens with zero attached hydrogens (tertiary/aromatic N) is 1. The van der Waals surface area contributed by atoms with Gasteiger partial charge in [-0.2, -0.15) is 0 Å². The summed E-state index contributed by atoms with van der Waals surface area (Å²) in [5.41, 5.74) is 4.30. The Morgan fingerprint density at radius 3 is 2.44 bits per heavy atom. The maximum absolute atomic E-state index is 14.0. The molecular formula is C30H26ClNO4. The number of fused-ring (bicyclic) bond motifs is 1. The Bertz CT molecular complexity index is 1370. The lowest BCUT2D eigenvalue weighted by Gasteiger charge is -2.26. The molecule has 0 radical (unpaired) electrons. The minimum absolute atomic E-state index is 0.0154. The molecule has 36 heavy (non-hydrogen) atoms. The van der Waals surface area contributed by atoms with Crippen LogP contribution in [0, 0.1) is 0 Å². The van der Waals surface area contributed by atoms with E-state index in [1.165, 1.54) is 0 Å². The van der Waals surface area contributed by atoms with Crippen molar-refractivity contribution in [2.45, 2.75) is 18.9 Å². The number of halogens is 1. The molecule has 182 valence electrons. The maximum atomic E-state index is 14.0. The van der Waals surface area contributed by atoms with E-state index in [4.69, 9.17) is 16.3 Å². The molecule has 2 N–H and O–H groups in total. The van der Waals surface area contributed by atoms with Gasteiger partial charge in [-0.3, -0.25) is 4.79 Å². The molecule has 4 aromatic rings. The van der Waals surface area contributed by atoms with Crippen molar-refractivity contribution in [1.82, 2.24) is 4.90 Å². The highest BCUT2D eigenvalue weighted by Crippen LogP contribution is 2.38. The van der Waals surface area contributed by atoms with Gasteiger partial charge in [0.05, 0.1) is 12.5 Å². The fourth-order valence-corrected chi connectivity index (χ4v) is 4.83. The Balaban J connectivity index is 1.47. The van der Waals surface area contributed by atoms with Gasteiger partial charge in [-0.25, -0.2) is 0 Å². The second-order valence-electron chi connectivity index (χ2n) is 8.94. The molecule has 4 aromatic carbocycles. The van der Waals surface area contributed by atoms with Crippen molar-refractivity contribution in [2.24, 2.45) is 0 Å². The predicted molar refractivity (Wildman–Crippen MR) is 140 cm³/mol. The predicted octanol–water partition coefficient (Wildman–Crippen LogP) is 6.17. The topological polar surface area (TPSA) is 70.0 Å². The molecule has 1 heterocycles. The second-order valence-corrected chi connectivity index (χ2v) is 9.37. The lowest BCUT2D eigenvalue weighted by molar-refractivity contribution is -0.133. The normalized spacial score (nSPS) is 13.9. The molecule has 6 heteroatoms. The van der Waals surface area contributed by atoms with Crippen LogP contribution in [0.5, 0.6) is 17.2 Å². The van der Waals surface area contributed by atoms with Gasteiger partial charge < -0.3 is 19.8 Å². The fourth-order valence-electron chi connectivity index (χ4n) is 4.64. The third-order valence-electron chi connectivity index (χ3n) is 6.46. The summed E-state index contributed by atoms with van der Waals surface area (Å²) >= 11 is 6.18. The van der Waals surface area contributed by atoms with Gasteiger partial charge in [-0.15, -0.1) is 0 Å². The van der Waals surface area contributed by atoms with E-state index in [0.29, 0.717) is 30.3 Å². The monoisotopic (exact) mass is 499 g/mol. The van der Waals surface area contributed by atoms with Crippen molar-refractivity contribution >= 4 is 17.5 Å². The van der Waals surface area contributed by atoms with Crippen molar-refractivity contribution in [1.29, 1.82) is 0 Å². The molecule has 0 aromatic heterocycles. The SMILES string of the molecule is O=C([C@@H](Cc1ccc(O)cc1)c1ccccc1)N1CCOc2c(O)cc(-c3cccc(Cl)c3)cc2C1. The lowest BCUT2D eigenvalue weighted by atomic mass is 9.90. The number of amides is 1. The van der Waals surface area contributed by atoms with Crippen LogP contribution in [0.25, 0.3) is 11.1 Å². The first kappa shape index (κ1) is 23.8. The van der Waals surface area contributed by atoms with Crippen LogP contribution in [-0.2, 0) is 17.8 Å². The molecule has 0 spiro atoms. The van der Waals surface area contributed by atoms with E-state index in [-0.39, 0.29) is 24.0 Å². The van der Waals surface area contributed by atoms with Gasteiger partial charge in [0.2, 0.25) is 5.91 Å². The zero-order chi connectivity index (χ0) is 25.1. The van der Waals surface area contributed by atoms with Crippen molar-refractivity contribution in [3.63, 3.8) is 0 Å². The average molecular weight is 500 g/mol. The van der Waals surface area contributed by atoms with Crippen molar-refractivity contribution in [3.05, 3.63) is 113 Å². The Morgan fingerprint density at radius 1 is 0.917 bits per heavy atom. The first-order valence-electron chi connectivity index (χ1n) is 11.8. The summed E-state index contributed by atoms with van der Waals surface area (Å²) in [4.78, 5) is 15.8. The summed E-state index contributed by atoms with van der Waals surface area (Å²) in [6.45, 7) is 0.997. The maximum Gasteiger partial charge on any atom is 0.230 e. The minimum Gasteiger partial charge on any atom is -0.508 e. The van der Waals surface area contributed by atoms with Gasteiger partial charge in [0.25, 0.3) is 0 Å². The Labute approximate surface area is 215 Å². The summed E-state index contributed by atoms with van der Waals surface area (Å²) in [5.74, 6) is 0.227. The van der Waals surface area contributed by atoms with Gasteiger partial charge >= 0.3 is 0 Å². The summed E-state index contributed by atoms with van der Waals surface area (Å²) in [5, 5.41) is 21.0. The number of phenols is 2. The number of ether oxygens (including phenoxy) is 1. The van der Waals surface area contributed by atoms with Crippen LogP contribution in [0.3, 0.4) is 0 Å². The Hall–Kier alpha value is -3.96. The summed E-state index contributed by atoms with van der Waals surface area (Å²) in [6.07, 6.45) is 0.501. The number of hydrogen-bond acceptors (Lipinski definition) is 4. The van der Waals surface area contributed by atoms with Gasteiger partial charge in [0.1, 0.15) is 12.4 Å². The highest BCUT2D eigenvalue weighted by molar-refractivity contribution is 6.30. The van der Waals surface area contributed by atoms with E-state index in [0.717, 1.165) is 27.8 Å². The molecule has 1 amide bonds. The fraction of sp³-hybridized carbons (Fsp3) is 0.167. The van der Waals surface area contributed by atoms with Gasteiger partial charge in [0, 0.05) is 17.1 Å². The van der Waals surface area contributed by atoms with E-state index in [2.05, 4.69) is 0 Å². The molecule has 5 nitrogen and oxygen atoms in total. The molecular weight excluding hydrogens is 474 g/mol. The molecule has 1 atom stereocenters. The minimum atomic E-state index is -0.401. The molecule has 0 unspecified atom stereocenters. The van der Waals surface area contributed by atoms with Crippen LogP contribution in [0.1, 0.15) is 22.6 Å². The molecule has 0 bridgehead atoms. The Kier molecular flexibility index (Phi) is 6.83. The number of benzene rings is 4. The summed E-state index contributed by atoms with van der Waals surface area (Å²) in [7, 11) is 0. The van der Waals surface area contributed by atoms with Crippen molar-refractivity contribution in [3.8, 4) is 28.4 Å². The first-order chi connectivity index (χ1) is 17.5. The van der Waals surface area contributed by atoms with Crippen LogP contribution in [0.15, 0.2) is 91.0 Å². The van der Waals surface area contributed by atoms with Gasteiger partial charge in [0.15, 0.2) is 11.5 Å². The van der Waals surface area contributed by atoms with Crippen LogP contribution in [0.2, 0.25) is 5.02 Å². The molecule has 1 aliphatic rings. The number of carbonyl (C=O) groups excluding carboxylic acids is 1. The van der Waals surface area contributed by atoms with E-state index in [1.54, 1.807) is 29.2 Å². The van der Waals surface area contributed by atoms with Crippen LogP contribution in [-0.4, -0.2) is 34.2 Å². The number of rotatable bonds is 5. The highest BCUT2D eigenvalue weighted by atomic mass is 35.5. The third kappa shape index (κ3) is 5.16. The smallest absolute Gasteiger partial charge is 0.230 e. The second kappa shape index (κ2) is 10.3. The largest absolute Gasteiger partial charge is 0.508 e. The zero-order valence-corrected chi connectivity index (χ0v) is 20.4. The third-order valence-corrected chi connectivity index (χ3v) is 6.70. The van der Waals surface area contributed by atoms with Gasteiger partial charge in [-0.05, 0) is 65.1 Å². The van der Waals surface area contributed by atoms with E-state index in [9.17, 15) is 15.0 Å².